The molecule has 0 aliphatic carbocycles. The van der Waals surface area contributed by atoms with Gasteiger partial charge in [0.1, 0.15) is 17.0 Å². The largest absolute Gasteiger partial charge is 0.437 e. The van der Waals surface area contributed by atoms with Crippen molar-refractivity contribution < 1.29 is 22.7 Å². The molecule has 0 radical (unpaired) electrons. The molecule has 21 heavy (non-hydrogen) atoms. The van der Waals surface area contributed by atoms with Gasteiger partial charge in [0.25, 0.3) is 5.91 Å². The summed E-state index contributed by atoms with van der Waals surface area (Å²) < 4.78 is 43.2. The molecule has 2 rings (SSSR count). The first-order chi connectivity index (χ1) is 9.79. The maximum absolute atomic E-state index is 12.7. The van der Waals surface area contributed by atoms with E-state index in [9.17, 15) is 18.0 Å². The Kier molecular flexibility index (Phi) is 4.04. The van der Waals surface area contributed by atoms with Crippen LogP contribution >= 0.6 is 11.6 Å². The average Bonchev–Trinajstić information content (AvgIpc) is 2.40. The zero-order chi connectivity index (χ0) is 15.6. The number of hydrogen-bond acceptors (Lipinski definition) is 3. The Morgan fingerprint density at radius 3 is 2.43 bits per heavy atom. The third kappa shape index (κ3) is 3.43. The highest BCUT2D eigenvalue weighted by Gasteiger charge is 2.34. The van der Waals surface area contributed by atoms with E-state index in [4.69, 9.17) is 22.1 Å². The molecule has 0 saturated heterocycles. The molecule has 4 nitrogen and oxygen atoms in total. The number of hydrogen-bond donors (Lipinski definition) is 1. The maximum Gasteiger partial charge on any atom is 0.433 e. The first-order valence-electron chi connectivity index (χ1n) is 5.59. The summed E-state index contributed by atoms with van der Waals surface area (Å²) in [6, 6.07) is 7.65. The van der Waals surface area contributed by atoms with Crippen LogP contribution in [0.25, 0.3) is 0 Å². The molecule has 0 aliphatic heterocycles. The Labute approximate surface area is 122 Å². The lowest BCUT2D eigenvalue weighted by molar-refractivity contribution is -0.141. The Hall–Kier alpha value is -2.28. The molecule has 0 atom stereocenters. The SMILES string of the molecule is NC(=O)c1ccc(C(F)(F)F)nc1Oc1ccccc1Cl. The molecule has 1 aromatic heterocycles. The smallest absolute Gasteiger partial charge is 0.433 e. The monoisotopic (exact) mass is 316 g/mol. The number of benzene rings is 1. The average molecular weight is 317 g/mol. The van der Waals surface area contributed by atoms with Crippen LogP contribution in [0.2, 0.25) is 5.02 Å². The van der Waals surface area contributed by atoms with Gasteiger partial charge in [0, 0.05) is 0 Å². The fraction of sp³-hybridized carbons (Fsp3) is 0.0769. The van der Waals surface area contributed by atoms with E-state index < -0.39 is 23.7 Å². The molecule has 0 fully saturated rings. The van der Waals surface area contributed by atoms with Gasteiger partial charge in [-0.15, -0.1) is 0 Å². The van der Waals surface area contributed by atoms with Gasteiger partial charge >= 0.3 is 6.18 Å². The summed E-state index contributed by atoms with van der Waals surface area (Å²) in [5, 5.41) is 0.159. The highest BCUT2D eigenvalue weighted by atomic mass is 35.5. The van der Waals surface area contributed by atoms with Crippen LogP contribution in [0.15, 0.2) is 36.4 Å². The number of primary amides is 1. The number of rotatable bonds is 3. The molecular weight excluding hydrogens is 309 g/mol. The molecule has 0 saturated carbocycles. The summed E-state index contributed by atoms with van der Waals surface area (Å²) in [4.78, 5) is 14.5. The van der Waals surface area contributed by atoms with Crippen molar-refractivity contribution in [2.75, 3.05) is 0 Å². The number of nitrogens with zero attached hydrogens (tertiary/aromatic N) is 1. The minimum atomic E-state index is -4.67. The van der Waals surface area contributed by atoms with Crippen LogP contribution < -0.4 is 10.5 Å². The fourth-order valence-electron chi connectivity index (χ4n) is 1.50. The van der Waals surface area contributed by atoms with E-state index in [1.54, 1.807) is 12.1 Å². The normalized spacial score (nSPS) is 11.2. The molecule has 2 N–H and O–H groups in total. The van der Waals surface area contributed by atoms with Crippen molar-refractivity contribution in [3.8, 4) is 11.6 Å². The summed E-state index contributed by atoms with van der Waals surface area (Å²) in [5.74, 6) is -1.45. The highest BCUT2D eigenvalue weighted by Crippen LogP contribution is 2.33. The Morgan fingerprint density at radius 1 is 1.19 bits per heavy atom. The number of alkyl halides is 3. The van der Waals surface area contributed by atoms with Crippen LogP contribution in [-0.4, -0.2) is 10.9 Å². The number of halogens is 4. The number of ether oxygens (including phenoxy) is 1. The van der Waals surface area contributed by atoms with Gasteiger partial charge in [-0.2, -0.15) is 13.2 Å². The molecule has 2 aromatic rings. The summed E-state index contributed by atoms with van der Waals surface area (Å²) in [6.07, 6.45) is -4.67. The minimum absolute atomic E-state index is 0.0634. The second-order valence-corrected chi connectivity index (χ2v) is 4.35. The van der Waals surface area contributed by atoms with Crippen LogP contribution in [0.3, 0.4) is 0 Å². The van der Waals surface area contributed by atoms with E-state index in [-0.39, 0.29) is 16.3 Å². The third-order valence-electron chi connectivity index (χ3n) is 2.46. The van der Waals surface area contributed by atoms with Gasteiger partial charge in [-0.25, -0.2) is 4.98 Å². The molecular formula is C13H8ClF3N2O2. The van der Waals surface area contributed by atoms with Gasteiger partial charge in [0.15, 0.2) is 0 Å². The zero-order valence-electron chi connectivity index (χ0n) is 10.3. The Morgan fingerprint density at radius 2 is 1.86 bits per heavy atom. The molecule has 0 bridgehead atoms. The number of para-hydroxylation sites is 1. The van der Waals surface area contributed by atoms with Crippen LogP contribution in [-0.2, 0) is 6.18 Å². The fourth-order valence-corrected chi connectivity index (χ4v) is 1.67. The lowest BCUT2D eigenvalue weighted by Crippen LogP contribution is -2.16. The van der Waals surface area contributed by atoms with E-state index in [1.807, 2.05) is 0 Å². The summed E-state index contributed by atoms with van der Waals surface area (Å²) in [6.45, 7) is 0. The number of pyridine rings is 1. The Bertz CT molecular complexity index is 689. The van der Waals surface area contributed by atoms with Crippen LogP contribution in [0.4, 0.5) is 13.2 Å². The van der Waals surface area contributed by atoms with Gasteiger partial charge in [0.05, 0.1) is 5.02 Å². The van der Waals surface area contributed by atoms with E-state index in [0.717, 1.165) is 6.07 Å². The number of aromatic nitrogens is 1. The predicted molar refractivity (Wildman–Crippen MR) is 69.3 cm³/mol. The summed E-state index contributed by atoms with van der Waals surface area (Å²) in [7, 11) is 0. The van der Waals surface area contributed by atoms with Gasteiger partial charge in [0.2, 0.25) is 5.88 Å². The van der Waals surface area contributed by atoms with Gasteiger partial charge < -0.3 is 10.5 Å². The van der Waals surface area contributed by atoms with Crippen molar-refractivity contribution in [3.63, 3.8) is 0 Å². The number of carbonyl (C=O) groups is 1. The number of amides is 1. The molecule has 0 spiro atoms. The van der Waals surface area contributed by atoms with E-state index >= 15 is 0 Å². The molecule has 1 aromatic carbocycles. The molecule has 110 valence electrons. The summed E-state index contributed by atoms with van der Waals surface area (Å²) >= 11 is 5.84. The van der Waals surface area contributed by atoms with Gasteiger partial charge in [-0.1, -0.05) is 23.7 Å². The van der Waals surface area contributed by atoms with Crippen molar-refractivity contribution >= 4 is 17.5 Å². The quantitative estimate of drug-likeness (QED) is 0.940. The van der Waals surface area contributed by atoms with Gasteiger partial charge in [-0.3, -0.25) is 4.79 Å². The van der Waals surface area contributed by atoms with E-state index in [0.29, 0.717) is 6.07 Å². The van der Waals surface area contributed by atoms with Crippen LogP contribution in [0.5, 0.6) is 11.6 Å². The zero-order valence-corrected chi connectivity index (χ0v) is 11.1. The molecule has 1 heterocycles. The van der Waals surface area contributed by atoms with Gasteiger partial charge in [-0.05, 0) is 24.3 Å². The minimum Gasteiger partial charge on any atom is -0.437 e. The predicted octanol–water partition coefficient (Wildman–Crippen LogP) is 3.65. The third-order valence-corrected chi connectivity index (χ3v) is 2.77. The topological polar surface area (TPSA) is 65.2 Å². The van der Waals surface area contributed by atoms with Crippen molar-refractivity contribution in [1.82, 2.24) is 4.98 Å². The maximum atomic E-state index is 12.7. The van der Waals surface area contributed by atoms with Crippen molar-refractivity contribution in [3.05, 3.63) is 52.7 Å². The molecule has 0 unspecified atom stereocenters. The van der Waals surface area contributed by atoms with Crippen molar-refractivity contribution in [2.24, 2.45) is 5.73 Å². The first-order valence-corrected chi connectivity index (χ1v) is 5.97. The second-order valence-electron chi connectivity index (χ2n) is 3.94. The van der Waals surface area contributed by atoms with Crippen LogP contribution in [0.1, 0.15) is 16.1 Å². The lowest BCUT2D eigenvalue weighted by Gasteiger charge is -2.12. The van der Waals surface area contributed by atoms with Crippen molar-refractivity contribution in [2.45, 2.75) is 6.18 Å². The second kappa shape index (κ2) is 5.61. The molecule has 1 amide bonds. The van der Waals surface area contributed by atoms with E-state index in [1.165, 1.54) is 12.1 Å². The highest BCUT2D eigenvalue weighted by molar-refractivity contribution is 6.32. The number of carbonyl (C=O) groups excluding carboxylic acids is 1. The van der Waals surface area contributed by atoms with Crippen LogP contribution in [0, 0.1) is 0 Å². The number of nitrogens with two attached hydrogens (primary N) is 1. The molecule has 0 aliphatic rings. The standard InChI is InChI=1S/C13H8ClF3N2O2/c14-8-3-1-2-4-9(8)21-12-7(11(18)20)5-6-10(19-12)13(15,16)17/h1-6H,(H2,18,20). The Balaban J connectivity index is 2.49. The molecule has 8 heteroatoms. The first kappa shape index (κ1) is 15.1. The lowest BCUT2D eigenvalue weighted by atomic mass is 10.2. The van der Waals surface area contributed by atoms with Crippen molar-refractivity contribution in [1.29, 1.82) is 0 Å². The van der Waals surface area contributed by atoms with E-state index in [2.05, 4.69) is 4.98 Å². The summed E-state index contributed by atoms with van der Waals surface area (Å²) in [5.41, 5.74) is 3.62.